The molecular weight excluding hydrogens is 177 g/mol. The number of hydrogen-bond donors (Lipinski definition) is 0. The van der Waals surface area contributed by atoms with Crippen LogP contribution in [0.15, 0.2) is 42.7 Å². The Hall–Kier alpha value is -1.57. The Kier molecular flexibility index (Phi) is 2.35. The normalized spacial score (nSPS) is 10.4. The Balaban J connectivity index is 2.15. The second-order valence-corrected chi connectivity index (χ2v) is 3.49. The molecule has 0 atom stereocenters. The van der Waals surface area contributed by atoms with Gasteiger partial charge < -0.3 is 4.57 Å². The second kappa shape index (κ2) is 3.66. The maximum absolute atomic E-state index is 12.6. The summed E-state index contributed by atoms with van der Waals surface area (Å²) in [5, 5.41) is 0. The fourth-order valence-electron chi connectivity index (χ4n) is 1.46. The van der Waals surface area contributed by atoms with Crippen molar-refractivity contribution < 1.29 is 4.39 Å². The van der Waals surface area contributed by atoms with E-state index in [1.54, 1.807) is 0 Å². The Morgan fingerprint density at radius 2 is 1.86 bits per heavy atom. The van der Waals surface area contributed by atoms with E-state index in [-0.39, 0.29) is 5.82 Å². The molecule has 14 heavy (non-hydrogen) atoms. The molecule has 0 spiro atoms. The van der Waals surface area contributed by atoms with E-state index in [9.17, 15) is 4.39 Å². The summed E-state index contributed by atoms with van der Waals surface area (Å²) >= 11 is 0. The van der Waals surface area contributed by atoms with Gasteiger partial charge in [-0.25, -0.2) is 4.39 Å². The lowest BCUT2D eigenvalue weighted by Crippen LogP contribution is -1.95. The summed E-state index contributed by atoms with van der Waals surface area (Å²) in [4.78, 5) is 0. The Morgan fingerprint density at radius 3 is 2.43 bits per heavy atom. The highest BCUT2D eigenvalue weighted by Crippen LogP contribution is 2.06. The average Bonchev–Trinajstić information content (AvgIpc) is 2.56. The zero-order chi connectivity index (χ0) is 9.97. The molecule has 0 fully saturated rings. The maximum atomic E-state index is 12.6. The summed E-state index contributed by atoms with van der Waals surface area (Å²) in [5.74, 6) is -0.183. The number of hydrogen-bond acceptors (Lipinski definition) is 0. The lowest BCUT2D eigenvalue weighted by molar-refractivity contribution is 0.626. The predicted octanol–water partition coefficient (Wildman–Crippen LogP) is 2.98. The van der Waals surface area contributed by atoms with Crippen LogP contribution in [0.5, 0.6) is 0 Å². The molecule has 0 aliphatic heterocycles. The summed E-state index contributed by atoms with van der Waals surface area (Å²) < 4.78 is 14.7. The molecule has 0 aliphatic carbocycles. The molecule has 0 bridgehead atoms. The van der Waals surface area contributed by atoms with Gasteiger partial charge in [0.15, 0.2) is 0 Å². The quantitative estimate of drug-likeness (QED) is 0.684. The zero-order valence-corrected chi connectivity index (χ0v) is 8.07. The molecule has 2 aromatic rings. The van der Waals surface area contributed by atoms with Crippen LogP contribution in [-0.4, -0.2) is 4.57 Å². The lowest BCUT2D eigenvalue weighted by Gasteiger charge is -2.02. The molecule has 0 amide bonds. The molecule has 0 aliphatic rings. The van der Waals surface area contributed by atoms with Crippen molar-refractivity contribution >= 4 is 0 Å². The molecule has 2 heteroatoms. The smallest absolute Gasteiger partial charge is 0.123 e. The molecule has 0 unspecified atom stereocenters. The van der Waals surface area contributed by atoms with Crippen molar-refractivity contribution in [3.63, 3.8) is 0 Å². The van der Waals surface area contributed by atoms with Crippen LogP contribution in [0, 0.1) is 12.7 Å². The van der Waals surface area contributed by atoms with Crippen LogP contribution in [-0.2, 0) is 6.54 Å². The number of aryl methyl sites for hydroxylation is 1. The van der Waals surface area contributed by atoms with E-state index < -0.39 is 0 Å². The summed E-state index contributed by atoms with van der Waals surface area (Å²) in [6.45, 7) is 2.86. The highest BCUT2D eigenvalue weighted by molar-refractivity contribution is 5.17. The third-order valence-corrected chi connectivity index (χ3v) is 2.18. The van der Waals surface area contributed by atoms with E-state index in [1.165, 1.54) is 17.7 Å². The van der Waals surface area contributed by atoms with Crippen molar-refractivity contribution in [2.75, 3.05) is 0 Å². The number of rotatable bonds is 2. The monoisotopic (exact) mass is 189 g/mol. The second-order valence-electron chi connectivity index (χ2n) is 3.49. The average molecular weight is 189 g/mol. The molecular formula is C12H12FN. The van der Waals surface area contributed by atoms with E-state index in [2.05, 4.69) is 23.8 Å². The molecule has 0 saturated heterocycles. The van der Waals surface area contributed by atoms with Crippen molar-refractivity contribution in [3.8, 4) is 0 Å². The number of aromatic nitrogens is 1. The minimum Gasteiger partial charge on any atom is -0.350 e. The van der Waals surface area contributed by atoms with E-state index in [1.807, 2.05) is 18.3 Å². The first kappa shape index (κ1) is 9.00. The van der Waals surface area contributed by atoms with Crippen molar-refractivity contribution in [1.29, 1.82) is 0 Å². The van der Waals surface area contributed by atoms with Crippen LogP contribution in [0.1, 0.15) is 11.1 Å². The maximum Gasteiger partial charge on any atom is 0.123 e. The molecule has 0 saturated carbocycles. The van der Waals surface area contributed by atoms with E-state index in [0.29, 0.717) is 0 Å². The van der Waals surface area contributed by atoms with Gasteiger partial charge in [-0.05, 0) is 36.2 Å². The van der Waals surface area contributed by atoms with Crippen molar-refractivity contribution in [3.05, 3.63) is 59.7 Å². The summed E-state index contributed by atoms with van der Waals surface area (Å²) in [7, 11) is 0. The SMILES string of the molecule is Cc1ccn(Cc2ccc(F)cc2)c1. The van der Waals surface area contributed by atoms with Crippen LogP contribution >= 0.6 is 0 Å². The molecule has 1 aromatic heterocycles. The van der Waals surface area contributed by atoms with Gasteiger partial charge in [0.05, 0.1) is 0 Å². The van der Waals surface area contributed by atoms with Gasteiger partial charge in [-0.3, -0.25) is 0 Å². The topological polar surface area (TPSA) is 4.93 Å². The fourth-order valence-corrected chi connectivity index (χ4v) is 1.46. The van der Waals surface area contributed by atoms with Crippen molar-refractivity contribution in [2.45, 2.75) is 13.5 Å². The Morgan fingerprint density at radius 1 is 1.14 bits per heavy atom. The minimum atomic E-state index is -0.183. The van der Waals surface area contributed by atoms with Crippen LogP contribution in [0.4, 0.5) is 4.39 Å². The molecule has 2 rings (SSSR count). The first-order chi connectivity index (χ1) is 6.74. The molecule has 0 radical (unpaired) electrons. The highest BCUT2D eigenvalue weighted by Gasteiger charge is 1.95. The van der Waals surface area contributed by atoms with Gasteiger partial charge in [0.25, 0.3) is 0 Å². The van der Waals surface area contributed by atoms with Crippen LogP contribution in [0.25, 0.3) is 0 Å². The van der Waals surface area contributed by atoms with Crippen LogP contribution in [0.3, 0.4) is 0 Å². The van der Waals surface area contributed by atoms with Gasteiger partial charge in [0.2, 0.25) is 0 Å². The van der Waals surface area contributed by atoms with Gasteiger partial charge >= 0.3 is 0 Å². The molecule has 1 heterocycles. The van der Waals surface area contributed by atoms with E-state index in [4.69, 9.17) is 0 Å². The third kappa shape index (κ3) is 2.02. The van der Waals surface area contributed by atoms with Crippen molar-refractivity contribution in [1.82, 2.24) is 4.57 Å². The zero-order valence-electron chi connectivity index (χ0n) is 8.07. The predicted molar refractivity (Wildman–Crippen MR) is 54.7 cm³/mol. The van der Waals surface area contributed by atoms with Crippen LogP contribution in [0.2, 0.25) is 0 Å². The van der Waals surface area contributed by atoms with Crippen molar-refractivity contribution in [2.24, 2.45) is 0 Å². The molecule has 72 valence electrons. The van der Waals surface area contributed by atoms with Gasteiger partial charge in [0.1, 0.15) is 5.82 Å². The van der Waals surface area contributed by atoms with Gasteiger partial charge in [0, 0.05) is 18.9 Å². The van der Waals surface area contributed by atoms with Crippen LogP contribution < -0.4 is 0 Å². The molecule has 1 nitrogen and oxygen atoms in total. The lowest BCUT2D eigenvalue weighted by atomic mass is 10.2. The first-order valence-corrected chi connectivity index (χ1v) is 4.61. The number of benzene rings is 1. The summed E-state index contributed by atoms with van der Waals surface area (Å²) in [6.07, 6.45) is 4.10. The Bertz CT molecular complexity index is 414. The number of halogens is 1. The van der Waals surface area contributed by atoms with Gasteiger partial charge in [-0.1, -0.05) is 12.1 Å². The largest absolute Gasteiger partial charge is 0.350 e. The van der Waals surface area contributed by atoms with E-state index >= 15 is 0 Å². The standard InChI is InChI=1S/C12H12FN/c1-10-6-7-14(8-10)9-11-2-4-12(13)5-3-11/h2-8H,9H2,1H3. The summed E-state index contributed by atoms with van der Waals surface area (Å²) in [5.41, 5.74) is 2.36. The summed E-state index contributed by atoms with van der Waals surface area (Å²) in [6, 6.07) is 8.66. The first-order valence-electron chi connectivity index (χ1n) is 4.61. The fraction of sp³-hybridized carbons (Fsp3) is 0.167. The molecule has 0 N–H and O–H groups in total. The molecule has 1 aromatic carbocycles. The van der Waals surface area contributed by atoms with Gasteiger partial charge in [-0.15, -0.1) is 0 Å². The minimum absolute atomic E-state index is 0.183. The van der Waals surface area contributed by atoms with Gasteiger partial charge in [-0.2, -0.15) is 0 Å². The number of nitrogens with zero attached hydrogens (tertiary/aromatic N) is 1. The third-order valence-electron chi connectivity index (χ3n) is 2.18. The van der Waals surface area contributed by atoms with E-state index in [0.717, 1.165) is 12.1 Å². The highest BCUT2D eigenvalue weighted by atomic mass is 19.1. The Labute approximate surface area is 82.8 Å².